The molecule has 2 aromatic carbocycles. The van der Waals surface area contributed by atoms with E-state index in [1.807, 2.05) is 0 Å². The van der Waals surface area contributed by atoms with E-state index >= 15 is 0 Å². The maximum atomic E-state index is 13.5. The summed E-state index contributed by atoms with van der Waals surface area (Å²) in [5, 5.41) is 3.74. The maximum absolute atomic E-state index is 13.5. The topological polar surface area (TPSA) is 78.8 Å². The Morgan fingerprint density at radius 2 is 1.81 bits per heavy atom. The summed E-state index contributed by atoms with van der Waals surface area (Å²) in [7, 11) is -3.62. The number of hydrogen-bond acceptors (Lipinski definition) is 4. The van der Waals surface area contributed by atoms with Crippen LogP contribution in [0.1, 0.15) is 35.2 Å². The first-order valence-electron chi connectivity index (χ1n) is 8.66. The highest BCUT2D eigenvalue weighted by Gasteiger charge is 2.26. The van der Waals surface area contributed by atoms with E-state index in [9.17, 15) is 17.6 Å². The number of carbonyl (C=O) groups excluding carboxylic acids is 1. The molecule has 142 valence electrons. The minimum absolute atomic E-state index is 0.0788. The molecule has 1 aliphatic heterocycles. The number of carbonyl (C=O) groups is 1. The van der Waals surface area contributed by atoms with Crippen LogP contribution in [0.5, 0.6) is 0 Å². The van der Waals surface area contributed by atoms with Gasteiger partial charge in [-0.15, -0.1) is 0 Å². The Bertz CT molecular complexity index is 954. The van der Waals surface area contributed by atoms with Gasteiger partial charge in [0, 0.05) is 24.2 Å². The lowest BCUT2D eigenvalue weighted by atomic mass is 10.2. The van der Waals surface area contributed by atoms with Gasteiger partial charge in [-0.1, -0.05) is 30.7 Å². The van der Waals surface area contributed by atoms with Gasteiger partial charge in [-0.25, -0.2) is 18.2 Å². The van der Waals surface area contributed by atoms with Gasteiger partial charge in [-0.05, 0) is 37.1 Å². The van der Waals surface area contributed by atoms with Crippen LogP contribution in [0.3, 0.4) is 0 Å². The molecule has 0 saturated carbocycles. The number of nitrogens with one attached hydrogen (secondary N) is 1. The fourth-order valence-electron chi connectivity index (χ4n) is 2.86. The molecule has 1 saturated heterocycles. The average molecular weight is 389 g/mol. The molecule has 0 spiro atoms. The van der Waals surface area contributed by atoms with E-state index in [0.29, 0.717) is 13.1 Å². The molecule has 0 aliphatic carbocycles. The Labute approximate surface area is 157 Å². The molecule has 8 heteroatoms. The average Bonchev–Trinajstić information content (AvgIpc) is 2.70. The zero-order valence-electron chi connectivity index (χ0n) is 14.6. The van der Waals surface area contributed by atoms with Crippen LogP contribution in [-0.4, -0.2) is 37.9 Å². The molecule has 1 amide bonds. The van der Waals surface area contributed by atoms with Crippen LogP contribution in [0, 0.1) is 5.82 Å². The first-order chi connectivity index (χ1) is 13.0. The summed E-state index contributed by atoms with van der Waals surface area (Å²) in [6.45, 7) is 0.984. The second-order valence-electron chi connectivity index (χ2n) is 6.21. The van der Waals surface area contributed by atoms with Crippen molar-refractivity contribution in [2.45, 2.75) is 24.2 Å². The van der Waals surface area contributed by atoms with Gasteiger partial charge in [0.25, 0.3) is 5.91 Å². The van der Waals surface area contributed by atoms with Crippen molar-refractivity contribution in [1.29, 1.82) is 0 Å². The summed E-state index contributed by atoms with van der Waals surface area (Å²) >= 11 is 0. The van der Waals surface area contributed by atoms with Gasteiger partial charge in [0.15, 0.2) is 0 Å². The largest absolute Gasteiger partial charge is 0.271 e. The van der Waals surface area contributed by atoms with Crippen molar-refractivity contribution in [3.63, 3.8) is 0 Å². The fraction of sp³-hybridized carbons (Fsp3) is 0.263. The summed E-state index contributed by atoms with van der Waals surface area (Å²) in [5.41, 5.74) is 2.69. The van der Waals surface area contributed by atoms with Crippen LogP contribution in [0.2, 0.25) is 0 Å². The van der Waals surface area contributed by atoms with Gasteiger partial charge in [0.2, 0.25) is 10.0 Å². The highest BCUT2D eigenvalue weighted by atomic mass is 32.2. The summed E-state index contributed by atoms with van der Waals surface area (Å²) in [6, 6.07) is 11.9. The minimum Gasteiger partial charge on any atom is -0.267 e. The number of halogens is 1. The van der Waals surface area contributed by atoms with E-state index in [1.54, 1.807) is 12.1 Å². The number of benzene rings is 2. The predicted molar refractivity (Wildman–Crippen MR) is 101 cm³/mol. The van der Waals surface area contributed by atoms with Gasteiger partial charge in [-0.2, -0.15) is 9.41 Å². The Morgan fingerprint density at radius 3 is 2.56 bits per heavy atom. The van der Waals surface area contributed by atoms with Crippen molar-refractivity contribution in [1.82, 2.24) is 9.73 Å². The first kappa shape index (κ1) is 19.2. The summed E-state index contributed by atoms with van der Waals surface area (Å²) in [6.07, 6.45) is 3.89. The van der Waals surface area contributed by atoms with E-state index in [1.165, 1.54) is 46.9 Å². The lowest BCUT2D eigenvalue weighted by Gasteiger charge is -2.25. The number of piperidine rings is 1. The number of rotatable bonds is 5. The molecule has 27 heavy (non-hydrogen) atoms. The number of amides is 1. The molecule has 1 fully saturated rings. The number of hydrogen-bond donors (Lipinski definition) is 1. The minimum atomic E-state index is -3.62. The lowest BCUT2D eigenvalue weighted by molar-refractivity contribution is 0.0955. The van der Waals surface area contributed by atoms with Crippen molar-refractivity contribution in [3.8, 4) is 0 Å². The summed E-state index contributed by atoms with van der Waals surface area (Å²) < 4.78 is 40.4. The second-order valence-corrected chi connectivity index (χ2v) is 8.15. The van der Waals surface area contributed by atoms with Crippen LogP contribution >= 0.6 is 0 Å². The Balaban J connectivity index is 1.73. The van der Waals surface area contributed by atoms with Gasteiger partial charge in [0.05, 0.1) is 11.1 Å². The second kappa shape index (κ2) is 8.41. The lowest BCUT2D eigenvalue weighted by Crippen LogP contribution is -2.35. The van der Waals surface area contributed by atoms with E-state index in [0.717, 1.165) is 19.3 Å². The molecule has 1 N–H and O–H groups in total. The van der Waals surface area contributed by atoms with Crippen LogP contribution in [0.25, 0.3) is 0 Å². The third-order valence-electron chi connectivity index (χ3n) is 4.32. The monoisotopic (exact) mass is 389 g/mol. The number of sulfonamides is 1. The van der Waals surface area contributed by atoms with Gasteiger partial charge < -0.3 is 0 Å². The van der Waals surface area contributed by atoms with E-state index in [4.69, 9.17) is 0 Å². The molecule has 0 atom stereocenters. The van der Waals surface area contributed by atoms with Crippen LogP contribution < -0.4 is 5.43 Å². The summed E-state index contributed by atoms with van der Waals surface area (Å²) in [4.78, 5) is 12.3. The third-order valence-corrected chi connectivity index (χ3v) is 6.22. The van der Waals surface area contributed by atoms with Crippen LogP contribution in [0.4, 0.5) is 4.39 Å². The molecule has 0 bridgehead atoms. The molecule has 2 aromatic rings. The molecule has 1 heterocycles. The summed E-state index contributed by atoms with van der Waals surface area (Å²) in [5.74, 6) is -1.02. The fourth-order valence-corrected chi connectivity index (χ4v) is 4.42. The van der Waals surface area contributed by atoms with Gasteiger partial charge in [0.1, 0.15) is 5.82 Å². The van der Waals surface area contributed by atoms with E-state index in [2.05, 4.69) is 10.5 Å². The van der Waals surface area contributed by atoms with E-state index < -0.39 is 21.7 Å². The quantitative estimate of drug-likeness (QED) is 0.631. The first-order valence-corrected chi connectivity index (χ1v) is 10.1. The number of hydrazone groups is 1. The number of nitrogens with zero attached hydrogens (tertiary/aromatic N) is 2. The van der Waals surface area contributed by atoms with Crippen molar-refractivity contribution < 1.29 is 17.6 Å². The molecule has 0 radical (unpaired) electrons. The highest BCUT2D eigenvalue weighted by Crippen LogP contribution is 2.21. The molecular weight excluding hydrogens is 369 g/mol. The normalized spacial score (nSPS) is 15.7. The van der Waals surface area contributed by atoms with Crippen molar-refractivity contribution in [3.05, 3.63) is 65.5 Å². The molecular formula is C19H20FN3O3S. The predicted octanol–water partition coefficient (Wildman–Crippen LogP) is 2.76. The standard InChI is InChI=1S/C19H20FN3O3S/c20-18-10-3-2-7-16(18)14-21-22-19(24)15-8-6-9-17(13-15)27(25,26)23-11-4-1-5-12-23/h2-3,6-10,13-14H,1,4-5,11-12H2,(H,22,24)/b21-14-. The maximum Gasteiger partial charge on any atom is 0.271 e. The molecule has 0 aromatic heterocycles. The highest BCUT2D eigenvalue weighted by molar-refractivity contribution is 7.89. The van der Waals surface area contributed by atoms with Crippen molar-refractivity contribution in [2.75, 3.05) is 13.1 Å². The van der Waals surface area contributed by atoms with Crippen LogP contribution in [-0.2, 0) is 10.0 Å². The van der Waals surface area contributed by atoms with Crippen molar-refractivity contribution >= 4 is 22.1 Å². The molecule has 6 nitrogen and oxygen atoms in total. The van der Waals surface area contributed by atoms with Gasteiger partial charge in [-0.3, -0.25) is 4.79 Å². The third kappa shape index (κ3) is 4.58. The van der Waals surface area contributed by atoms with E-state index in [-0.39, 0.29) is 16.0 Å². The van der Waals surface area contributed by atoms with Gasteiger partial charge >= 0.3 is 0 Å². The molecule has 3 rings (SSSR count). The zero-order valence-corrected chi connectivity index (χ0v) is 15.5. The van der Waals surface area contributed by atoms with Crippen molar-refractivity contribution in [2.24, 2.45) is 5.10 Å². The zero-order chi connectivity index (χ0) is 19.3. The molecule has 0 unspecified atom stereocenters. The SMILES string of the molecule is O=C(N/N=C\c1ccccc1F)c1cccc(S(=O)(=O)N2CCCCC2)c1. The van der Waals surface area contributed by atoms with Crippen LogP contribution in [0.15, 0.2) is 58.5 Å². The Morgan fingerprint density at radius 1 is 1.07 bits per heavy atom. The molecule has 1 aliphatic rings. The smallest absolute Gasteiger partial charge is 0.267 e. The Hall–Kier alpha value is -2.58. The Kier molecular flexibility index (Phi) is 5.98.